The zero-order valence-corrected chi connectivity index (χ0v) is 15.7. The molecule has 0 fully saturated rings. The van der Waals surface area contributed by atoms with Crippen LogP contribution in [0.1, 0.15) is 17.3 Å². The third-order valence-electron chi connectivity index (χ3n) is 3.80. The molecule has 8 heteroatoms. The van der Waals surface area contributed by atoms with Crippen LogP contribution in [0.4, 0.5) is 0 Å². The first-order chi connectivity index (χ1) is 13.2. The number of ether oxygens (including phenoxy) is 1. The second-order valence-corrected chi connectivity index (χ2v) is 7.30. The van der Waals surface area contributed by atoms with Crippen molar-refractivity contribution in [3.63, 3.8) is 0 Å². The number of hydrogen-bond acceptors (Lipinski definition) is 7. The number of benzene rings is 2. The molecule has 136 valence electrons. The van der Waals surface area contributed by atoms with E-state index < -0.39 is 0 Å². The first-order valence-electron chi connectivity index (χ1n) is 8.26. The van der Waals surface area contributed by atoms with Crippen LogP contribution in [0.25, 0.3) is 21.7 Å². The second kappa shape index (κ2) is 7.85. The summed E-state index contributed by atoms with van der Waals surface area (Å²) in [6.45, 7) is -0.0563. The molecule has 0 spiro atoms. The number of para-hydroxylation sites is 1. The number of rotatable bonds is 6. The Balaban J connectivity index is 1.29. The van der Waals surface area contributed by atoms with E-state index in [0.717, 1.165) is 20.8 Å². The molecule has 0 unspecified atom stereocenters. The normalized spacial score (nSPS) is 11.0. The number of fused-ring (bicyclic) bond motifs is 1. The van der Waals surface area contributed by atoms with Crippen molar-refractivity contribution in [3.8, 4) is 11.5 Å². The van der Waals surface area contributed by atoms with Gasteiger partial charge in [0.15, 0.2) is 6.61 Å². The smallest absolute Gasteiger partial charge is 0.306 e. The summed E-state index contributed by atoms with van der Waals surface area (Å²) in [5.41, 5.74) is 1.70. The van der Waals surface area contributed by atoms with Gasteiger partial charge in [-0.25, -0.2) is 4.98 Å². The van der Waals surface area contributed by atoms with E-state index in [2.05, 4.69) is 15.2 Å². The number of hydrogen-bond donors (Lipinski definition) is 0. The fraction of sp³-hybridized carbons (Fsp3) is 0.158. The molecule has 4 rings (SSSR count). The Morgan fingerprint density at radius 1 is 1.11 bits per heavy atom. The zero-order valence-electron chi connectivity index (χ0n) is 14.1. The average Bonchev–Trinajstić information content (AvgIpc) is 3.32. The summed E-state index contributed by atoms with van der Waals surface area (Å²) in [6, 6.07) is 14.9. The molecule has 0 bridgehead atoms. The molecule has 0 aliphatic rings. The quantitative estimate of drug-likeness (QED) is 0.438. The van der Waals surface area contributed by atoms with Gasteiger partial charge < -0.3 is 9.15 Å². The summed E-state index contributed by atoms with van der Waals surface area (Å²) < 4.78 is 11.8. The number of aryl methyl sites for hydroxylation is 1. The first kappa shape index (κ1) is 17.6. The molecule has 0 aliphatic carbocycles. The lowest BCUT2D eigenvalue weighted by molar-refractivity contribution is -0.145. The van der Waals surface area contributed by atoms with Gasteiger partial charge in [-0.05, 0) is 36.4 Å². The lowest BCUT2D eigenvalue weighted by atomic mass is 10.2. The van der Waals surface area contributed by atoms with E-state index in [0.29, 0.717) is 17.3 Å². The van der Waals surface area contributed by atoms with E-state index in [1.165, 1.54) is 0 Å². The Hall–Kier alpha value is -2.77. The van der Waals surface area contributed by atoms with Crippen molar-refractivity contribution in [2.75, 3.05) is 0 Å². The van der Waals surface area contributed by atoms with Gasteiger partial charge in [0.05, 0.1) is 21.6 Å². The Bertz CT molecular complexity index is 1040. The highest BCUT2D eigenvalue weighted by molar-refractivity contribution is 7.18. The molecule has 0 atom stereocenters. The van der Waals surface area contributed by atoms with Gasteiger partial charge >= 0.3 is 5.97 Å². The van der Waals surface area contributed by atoms with Crippen LogP contribution in [0.5, 0.6) is 0 Å². The topological polar surface area (TPSA) is 78.1 Å². The van der Waals surface area contributed by atoms with Gasteiger partial charge in [-0.2, -0.15) is 0 Å². The molecule has 27 heavy (non-hydrogen) atoms. The fourth-order valence-corrected chi connectivity index (χ4v) is 3.56. The summed E-state index contributed by atoms with van der Waals surface area (Å²) in [5.74, 6) is 0.265. The monoisotopic (exact) mass is 399 g/mol. The van der Waals surface area contributed by atoms with Crippen molar-refractivity contribution in [2.24, 2.45) is 0 Å². The van der Waals surface area contributed by atoms with Crippen LogP contribution in [0.3, 0.4) is 0 Å². The molecule has 0 saturated carbocycles. The van der Waals surface area contributed by atoms with Gasteiger partial charge in [0, 0.05) is 17.0 Å². The lowest BCUT2D eigenvalue weighted by Gasteiger charge is -2.00. The van der Waals surface area contributed by atoms with Crippen LogP contribution in [0.2, 0.25) is 5.02 Å². The molecular formula is C19H14ClN3O3S. The van der Waals surface area contributed by atoms with Crippen LogP contribution < -0.4 is 0 Å². The van der Waals surface area contributed by atoms with Crippen LogP contribution in [-0.2, 0) is 22.6 Å². The number of aromatic nitrogens is 3. The standard InChI is InChI=1S/C19H14ClN3O3S/c20-13-7-5-12(6-8-13)19-23-22-16(26-19)11-25-18(24)10-9-17-21-14-3-1-2-4-15(14)27-17/h1-8H,9-11H2. The van der Waals surface area contributed by atoms with Gasteiger partial charge in [-0.15, -0.1) is 21.5 Å². The van der Waals surface area contributed by atoms with Crippen molar-refractivity contribution in [2.45, 2.75) is 19.4 Å². The Kier molecular flexibility index (Phi) is 5.13. The van der Waals surface area contributed by atoms with Gasteiger partial charge in [0.25, 0.3) is 5.89 Å². The fourth-order valence-electron chi connectivity index (χ4n) is 2.47. The zero-order chi connectivity index (χ0) is 18.6. The number of esters is 1. The Morgan fingerprint density at radius 2 is 1.93 bits per heavy atom. The van der Waals surface area contributed by atoms with Gasteiger partial charge in [0.2, 0.25) is 5.89 Å². The maximum atomic E-state index is 12.0. The summed E-state index contributed by atoms with van der Waals surface area (Å²) >= 11 is 7.44. The molecule has 6 nitrogen and oxygen atoms in total. The number of halogens is 1. The third-order valence-corrected chi connectivity index (χ3v) is 5.14. The molecular weight excluding hydrogens is 386 g/mol. The largest absolute Gasteiger partial charge is 0.456 e. The summed E-state index contributed by atoms with van der Waals surface area (Å²) in [4.78, 5) is 16.5. The number of carbonyl (C=O) groups is 1. The highest BCUT2D eigenvalue weighted by Crippen LogP contribution is 2.23. The third kappa shape index (κ3) is 4.32. The van der Waals surface area contributed by atoms with E-state index in [4.69, 9.17) is 20.8 Å². The highest BCUT2D eigenvalue weighted by atomic mass is 35.5. The van der Waals surface area contributed by atoms with E-state index in [1.807, 2.05) is 24.3 Å². The minimum absolute atomic E-state index is 0.0563. The molecule has 2 aromatic carbocycles. The van der Waals surface area contributed by atoms with Crippen LogP contribution >= 0.6 is 22.9 Å². The van der Waals surface area contributed by atoms with Crippen molar-refractivity contribution < 1.29 is 13.9 Å². The molecule has 0 saturated heterocycles. The van der Waals surface area contributed by atoms with E-state index in [9.17, 15) is 4.79 Å². The van der Waals surface area contributed by atoms with Gasteiger partial charge in [-0.1, -0.05) is 23.7 Å². The maximum absolute atomic E-state index is 12.0. The van der Waals surface area contributed by atoms with E-state index in [1.54, 1.807) is 35.6 Å². The molecule has 0 amide bonds. The molecule has 0 radical (unpaired) electrons. The molecule has 0 N–H and O–H groups in total. The van der Waals surface area contributed by atoms with Crippen molar-refractivity contribution in [1.82, 2.24) is 15.2 Å². The van der Waals surface area contributed by atoms with Crippen molar-refractivity contribution in [3.05, 3.63) is 64.5 Å². The van der Waals surface area contributed by atoms with E-state index in [-0.39, 0.29) is 24.9 Å². The van der Waals surface area contributed by atoms with E-state index >= 15 is 0 Å². The SMILES string of the molecule is O=C(CCc1nc2ccccc2s1)OCc1nnc(-c2ccc(Cl)cc2)o1. The van der Waals surface area contributed by atoms with Crippen LogP contribution in [0.15, 0.2) is 52.9 Å². The predicted molar refractivity (Wildman–Crippen MR) is 102 cm³/mol. The maximum Gasteiger partial charge on any atom is 0.306 e. The summed E-state index contributed by atoms with van der Waals surface area (Å²) in [7, 11) is 0. The van der Waals surface area contributed by atoms with Gasteiger partial charge in [0.1, 0.15) is 0 Å². The second-order valence-electron chi connectivity index (χ2n) is 5.74. The number of carbonyl (C=O) groups excluding carboxylic acids is 1. The molecule has 0 aliphatic heterocycles. The van der Waals surface area contributed by atoms with Crippen molar-refractivity contribution in [1.29, 1.82) is 0 Å². The molecule has 2 aromatic heterocycles. The lowest BCUT2D eigenvalue weighted by Crippen LogP contribution is -2.06. The number of thiazole rings is 1. The van der Waals surface area contributed by atoms with Crippen LogP contribution in [-0.4, -0.2) is 21.2 Å². The Morgan fingerprint density at radius 3 is 2.74 bits per heavy atom. The summed E-state index contributed by atoms with van der Waals surface area (Å²) in [6.07, 6.45) is 0.788. The Labute approximate surface area is 163 Å². The highest BCUT2D eigenvalue weighted by Gasteiger charge is 2.12. The molecule has 4 aromatic rings. The minimum atomic E-state index is -0.333. The minimum Gasteiger partial charge on any atom is -0.456 e. The first-order valence-corrected chi connectivity index (χ1v) is 9.45. The van der Waals surface area contributed by atoms with Gasteiger partial charge in [-0.3, -0.25) is 4.79 Å². The van der Waals surface area contributed by atoms with Crippen LogP contribution in [0, 0.1) is 0 Å². The van der Waals surface area contributed by atoms with Crippen molar-refractivity contribution >= 4 is 39.1 Å². The predicted octanol–water partition coefficient (Wildman–Crippen LogP) is 4.68. The number of nitrogens with zero attached hydrogens (tertiary/aromatic N) is 3. The summed E-state index contributed by atoms with van der Waals surface area (Å²) in [5, 5.41) is 9.39. The molecule has 2 heterocycles. The average molecular weight is 400 g/mol.